The first-order valence-electron chi connectivity index (χ1n) is 15.4. The summed E-state index contributed by atoms with van der Waals surface area (Å²) in [5.74, 6) is -1.25. The lowest BCUT2D eigenvalue weighted by Gasteiger charge is -2.35. The summed E-state index contributed by atoms with van der Waals surface area (Å²) >= 11 is 0. The molecule has 2 amide bonds. The second kappa shape index (κ2) is 13.2. The first-order valence-corrected chi connectivity index (χ1v) is 15.4. The number of benzene rings is 4. The van der Waals surface area contributed by atoms with E-state index in [9.17, 15) is 14.4 Å². The van der Waals surface area contributed by atoms with Crippen LogP contribution in [0.4, 0.5) is 5.69 Å². The fourth-order valence-corrected chi connectivity index (χ4v) is 5.98. The number of carbonyl (C=O) groups is 3. The monoisotopic (exact) mass is 625 g/mol. The van der Waals surface area contributed by atoms with Crippen LogP contribution < -0.4 is 4.90 Å². The van der Waals surface area contributed by atoms with E-state index in [1.54, 1.807) is 14.0 Å². The van der Waals surface area contributed by atoms with Crippen LogP contribution in [0.2, 0.25) is 0 Å². The minimum absolute atomic E-state index is 0.0686. The SMILES string of the molecule is Cc1cc(C)cc(C(=O)N(C)[C@@H](C)C(=O)N(c2ccc(-c3ccccc3)cc2)[C@@H](Cc2c[nH]c3ccccc23)C(=O)c2nnn[nH]2)c1. The number of nitrogens with zero attached hydrogens (tertiary/aromatic N) is 5. The summed E-state index contributed by atoms with van der Waals surface area (Å²) in [5.41, 5.74) is 6.61. The maximum absolute atomic E-state index is 14.7. The maximum atomic E-state index is 14.7. The molecule has 2 heterocycles. The molecule has 6 rings (SSSR count). The van der Waals surface area contributed by atoms with E-state index in [2.05, 4.69) is 25.6 Å². The number of likely N-dealkylation sites (N-methyl/N-ethyl adjacent to an activating group) is 1. The molecular formula is C37H35N7O3. The summed E-state index contributed by atoms with van der Waals surface area (Å²) in [7, 11) is 1.61. The molecule has 2 N–H and O–H groups in total. The Morgan fingerprint density at radius 2 is 1.49 bits per heavy atom. The Balaban J connectivity index is 1.44. The zero-order chi connectivity index (χ0) is 33.1. The van der Waals surface area contributed by atoms with Gasteiger partial charge in [0.15, 0.2) is 0 Å². The van der Waals surface area contributed by atoms with E-state index in [4.69, 9.17) is 0 Å². The van der Waals surface area contributed by atoms with Crippen LogP contribution in [-0.2, 0) is 11.2 Å². The summed E-state index contributed by atoms with van der Waals surface area (Å²) in [6.07, 6.45) is 2.01. The Bertz CT molecular complexity index is 2020. The van der Waals surface area contributed by atoms with E-state index in [0.717, 1.165) is 38.7 Å². The normalized spacial score (nSPS) is 12.4. The minimum Gasteiger partial charge on any atom is -0.361 e. The summed E-state index contributed by atoms with van der Waals surface area (Å²) in [4.78, 5) is 48.8. The van der Waals surface area contributed by atoms with Crippen molar-refractivity contribution in [1.82, 2.24) is 30.5 Å². The van der Waals surface area contributed by atoms with Crippen molar-refractivity contribution in [3.05, 3.63) is 131 Å². The van der Waals surface area contributed by atoms with Gasteiger partial charge >= 0.3 is 0 Å². The lowest BCUT2D eigenvalue weighted by molar-refractivity contribution is -0.122. The average Bonchev–Trinajstić information content (AvgIpc) is 3.78. The Labute approximate surface area is 272 Å². The van der Waals surface area contributed by atoms with Crippen LogP contribution in [0.5, 0.6) is 0 Å². The van der Waals surface area contributed by atoms with Gasteiger partial charge in [0, 0.05) is 41.8 Å². The molecule has 0 spiro atoms. The molecule has 4 aromatic carbocycles. The smallest absolute Gasteiger partial charge is 0.254 e. The largest absolute Gasteiger partial charge is 0.361 e. The second-order valence-corrected chi connectivity index (χ2v) is 11.8. The summed E-state index contributed by atoms with van der Waals surface area (Å²) < 4.78 is 0. The van der Waals surface area contributed by atoms with Crippen molar-refractivity contribution >= 4 is 34.2 Å². The Morgan fingerprint density at radius 3 is 2.17 bits per heavy atom. The van der Waals surface area contributed by atoms with Crippen LogP contribution in [0.3, 0.4) is 0 Å². The molecule has 0 saturated heterocycles. The second-order valence-electron chi connectivity index (χ2n) is 11.8. The molecule has 0 aliphatic heterocycles. The molecule has 236 valence electrons. The highest BCUT2D eigenvalue weighted by atomic mass is 16.2. The third-order valence-corrected chi connectivity index (χ3v) is 8.50. The van der Waals surface area contributed by atoms with Crippen LogP contribution in [-0.4, -0.2) is 67.2 Å². The summed E-state index contributed by atoms with van der Waals surface area (Å²) in [5, 5.41) is 14.7. The summed E-state index contributed by atoms with van der Waals surface area (Å²) in [6.45, 7) is 5.54. The number of aromatic amines is 2. The molecule has 10 heteroatoms. The molecule has 10 nitrogen and oxygen atoms in total. The van der Waals surface area contributed by atoms with Gasteiger partial charge in [0.05, 0.1) is 0 Å². The lowest BCUT2D eigenvalue weighted by Crippen LogP contribution is -2.54. The highest BCUT2D eigenvalue weighted by Gasteiger charge is 2.38. The van der Waals surface area contributed by atoms with Crippen LogP contribution in [0.25, 0.3) is 22.0 Å². The number of Topliss-reactive ketones (excluding diaryl/α,β-unsaturated/α-hetero) is 1. The molecule has 2 aromatic heterocycles. The lowest BCUT2D eigenvalue weighted by atomic mass is 9.97. The number of rotatable bonds is 10. The Kier molecular flexibility index (Phi) is 8.75. The van der Waals surface area contributed by atoms with Gasteiger partial charge < -0.3 is 9.88 Å². The first-order chi connectivity index (χ1) is 22.7. The highest BCUT2D eigenvalue weighted by Crippen LogP contribution is 2.29. The maximum Gasteiger partial charge on any atom is 0.254 e. The van der Waals surface area contributed by atoms with Gasteiger partial charge in [0.2, 0.25) is 17.5 Å². The van der Waals surface area contributed by atoms with Crippen molar-refractivity contribution in [2.75, 3.05) is 11.9 Å². The van der Waals surface area contributed by atoms with Gasteiger partial charge in [-0.25, -0.2) is 5.10 Å². The molecule has 6 aromatic rings. The summed E-state index contributed by atoms with van der Waals surface area (Å²) in [6, 6.07) is 28.8. The van der Waals surface area contributed by atoms with Crippen molar-refractivity contribution < 1.29 is 14.4 Å². The van der Waals surface area contributed by atoms with Crippen molar-refractivity contribution in [1.29, 1.82) is 0 Å². The van der Waals surface area contributed by atoms with Gasteiger partial charge in [-0.1, -0.05) is 77.9 Å². The number of carbonyl (C=O) groups excluding carboxylic acids is 3. The molecule has 0 unspecified atom stereocenters. The van der Waals surface area contributed by atoms with E-state index in [1.807, 2.05) is 117 Å². The number of aryl methyl sites for hydroxylation is 2. The van der Waals surface area contributed by atoms with Gasteiger partial charge in [-0.3, -0.25) is 19.3 Å². The fourth-order valence-electron chi connectivity index (χ4n) is 5.98. The topological polar surface area (TPSA) is 128 Å². The predicted molar refractivity (Wildman–Crippen MR) is 181 cm³/mol. The number of ketones is 1. The van der Waals surface area contributed by atoms with E-state index in [1.165, 1.54) is 9.80 Å². The zero-order valence-electron chi connectivity index (χ0n) is 26.6. The fraction of sp³-hybridized carbons (Fsp3) is 0.189. The number of tetrazole rings is 1. The Hall–Kier alpha value is -5.90. The number of amides is 2. The molecule has 2 atom stereocenters. The molecule has 47 heavy (non-hydrogen) atoms. The number of para-hydroxylation sites is 1. The third kappa shape index (κ3) is 6.44. The van der Waals surface area contributed by atoms with E-state index < -0.39 is 23.8 Å². The highest BCUT2D eigenvalue weighted by molar-refractivity contribution is 6.09. The van der Waals surface area contributed by atoms with Crippen LogP contribution >= 0.6 is 0 Å². The van der Waals surface area contributed by atoms with Crippen LogP contribution in [0.15, 0.2) is 103 Å². The predicted octanol–water partition coefficient (Wildman–Crippen LogP) is 5.95. The van der Waals surface area contributed by atoms with Crippen molar-refractivity contribution in [3.8, 4) is 11.1 Å². The molecule has 0 bridgehead atoms. The van der Waals surface area contributed by atoms with Crippen molar-refractivity contribution in [2.24, 2.45) is 0 Å². The Morgan fingerprint density at radius 1 is 0.830 bits per heavy atom. The number of H-pyrrole nitrogens is 2. The quantitative estimate of drug-likeness (QED) is 0.181. The van der Waals surface area contributed by atoms with Gasteiger partial charge in [0.25, 0.3) is 5.91 Å². The van der Waals surface area contributed by atoms with E-state index in [-0.39, 0.29) is 18.2 Å². The van der Waals surface area contributed by atoms with Gasteiger partial charge in [-0.2, -0.15) is 0 Å². The third-order valence-electron chi connectivity index (χ3n) is 8.50. The number of hydrogen-bond acceptors (Lipinski definition) is 6. The molecule has 0 saturated carbocycles. The number of anilines is 1. The van der Waals surface area contributed by atoms with Crippen molar-refractivity contribution in [2.45, 2.75) is 39.3 Å². The average molecular weight is 626 g/mol. The number of fused-ring (bicyclic) bond motifs is 1. The van der Waals surface area contributed by atoms with Gasteiger partial charge in [0.1, 0.15) is 12.1 Å². The van der Waals surface area contributed by atoms with E-state index >= 15 is 0 Å². The van der Waals surface area contributed by atoms with Gasteiger partial charge in [-0.15, -0.1) is 5.10 Å². The molecular weight excluding hydrogens is 590 g/mol. The standard InChI is InChI=1S/C37H35N7O3/c1-23-18-24(2)20-28(19-23)37(47)43(4)25(3)36(46)44(30-16-14-27(15-17-30)26-10-6-5-7-11-26)33(34(45)35-39-41-42-40-35)21-29-22-38-32-13-9-8-12-31(29)32/h5-20,22,25,33,38H,21H2,1-4H3,(H,39,40,41,42)/t25-,33-/m0/s1. The molecule has 0 fully saturated rings. The zero-order valence-corrected chi connectivity index (χ0v) is 26.6. The number of nitrogens with one attached hydrogen (secondary N) is 2. The molecule has 0 aliphatic carbocycles. The minimum atomic E-state index is -1.05. The first kappa shape index (κ1) is 31.1. The number of aromatic nitrogens is 5. The van der Waals surface area contributed by atoms with Crippen molar-refractivity contribution in [3.63, 3.8) is 0 Å². The van der Waals surface area contributed by atoms with Crippen LogP contribution in [0.1, 0.15) is 44.6 Å². The van der Waals surface area contributed by atoms with Crippen LogP contribution in [0, 0.1) is 13.8 Å². The molecule has 0 radical (unpaired) electrons. The van der Waals surface area contributed by atoms with Gasteiger partial charge in [-0.05, 0) is 78.2 Å². The molecule has 0 aliphatic rings. The van der Waals surface area contributed by atoms with E-state index in [0.29, 0.717) is 11.3 Å². The number of hydrogen-bond donors (Lipinski definition) is 2.